The number of halogens is 1. The van der Waals surface area contributed by atoms with Gasteiger partial charge in [0.15, 0.2) is 0 Å². The molecule has 0 radical (unpaired) electrons. The fourth-order valence-corrected chi connectivity index (χ4v) is 2.10. The lowest BCUT2D eigenvalue weighted by atomic mass is 10.0. The Labute approximate surface area is 116 Å². The second kappa shape index (κ2) is 5.33. The zero-order valence-corrected chi connectivity index (χ0v) is 11.4. The van der Waals surface area contributed by atoms with Crippen LogP contribution in [0.15, 0.2) is 36.4 Å². The molecule has 0 amide bonds. The van der Waals surface area contributed by atoms with Crippen molar-refractivity contribution >= 4 is 17.6 Å². The van der Waals surface area contributed by atoms with Crippen LogP contribution in [0.2, 0.25) is 5.02 Å². The summed E-state index contributed by atoms with van der Waals surface area (Å²) in [5.74, 6) is -0.298. The average Bonchev–Trinajstić information content (AvgIpc) is 2.37. The van der Waals surface area contributed by atoms with Crippen LogP contribution in [0.3, 0.4) is 0 Å². The molecule has 0 aliphatic heterocycles. The van der Waals surface area contributed by atoms with Crippen LogP contribution < -0.4 is 0 Å². The summed E-state index contributed by atoms with van der Waals surface area (Å²) in [4.78, 5) is 11.6. The van der Waals surface area contributed by atoms with Gasteiger partial charge in [0.05, 0.1) is 17.7 Å². The van der Waals surface area contributed by atoms with Crippen LogP contribution in [0.1, 0.15) is 15.9 Å². The molecule has 19 heavy (non-hydrogen) atoms. The van der Waals surface area contributed by atoms with E-state index in [1.54, 1.807) is 30.3 Å². The van der Waals surface area contributed by atoms with Crippen molar-refractivity contribution < 1.29 is 14.6 Å². The van der Waals surface area contributed by atoms with Crippen molar-refractivity contribution in [1.82, 2.24) is 0 Å². The molecule has 4 heteroatoms. The van der Waals surface area contributed by atoms with E-state index in [4.69, 9.17) is 11.6 Å². The first-order valence-electron chi connectivity index (χ1n) is 5.70. The van der Waals surface area contributed by atoms with Crippen LogP contribution in [0.25, 0.3) is 11.1 Å². The maximum atomic E-state index is 11.6. The topological polar surface area (TPSA) is 46.5 Å². The number of esters is 1. The van der Waals surface area contributed by atoms with E-state index in [1.165, 1.54) is 7.11 Å². The Kier molecular flexibility index (Phi) is 3.76. The van der Waals surface area contributed by atoms with Gasteiger partial charge in [0.2, 0.25) is 0 Å². The maximum absolute atomic E-state index is 11.6. The van der Waals surface area contributed by atoms with Crippen molar-refractivity contribution in [3.63, 3.8) is 0 Å². The van der Waals surface area contributed by atoms with Gasteiger partial charge in [0.1, 0.15) is 5.75 Å². The van der Waals surface area contributed by atoms with Gasteiger partial charge in [0, 0.05) is 0 Å². The summed E-state index contributed by atoms with van der Waals surface area (Å²) in [6.45, 7) is 1.89. The first-order valence-corrected chi connectivity index (χ1v) is 6.08. The highest BCUT2D eigenvalue weighted by atomic mass is 35.5. The van der Waals surface area contributed by atoms with Gasteiger partial charge in [-0.2, -0.15) is 0 Å². The van der Waals surface area contributed by atoms with Crippen LogP contribution >= 0.6 is 11.6 Å². The van der Waals surface area contributed by atoms with Gasteiger partial charge >= 0.3 is 5.97 Å². The van der Waals surface area contributed by atoms with Gasteiger partial charge in [0.25, 0.3) is 0 Å². The van der Waals surface area contributed by atoms with Crippen molar-refractivity contribution in [1.29, 1.82) is 0 Å². The molecule has 98 valence electrons. The van der Waals surface area contributed by atoms with Gasteiger partial charge in [-0.05, 0) is 47.9 Å². The Morgan fingerprint density at radius 2 is 1.89 bits per heavy atom. The number of phenolic OH excluding ortho intramolecular Hbond substituents is 1. The van der Waals surface area contributed by atoms with Gasteiger partial charge < -0.3 is 9.84 Å². The summed E-state index contributed by atoms with van der Waals surface area (Å²) in [5, 5.41) is 9.96. The van der Waals surface area contributed by atoms with E-state index in [2.05, 4.69) is 4.74 Å². The second-order valence-electron chi connectivity index (χ2n) is 4.24. The number of ether oxygens (including phenoxy) is 1. The van der Waals surface area contributed by atoms with E-state index in [0.717, 1.165) is 16.7 Å². The number of aromatic hydroxyl groups is 1. The van der Waals surface area contributed by atoms with Crippen molar-refractivity contribution in [2.24, 2.45) is 0 Å². The first-order chi connectivity index (χ1) is 9.01. The number of carbonyl (C=O) groups excluding carboxylic acids is 1. The van der Waals surface area contributed by atoms with Crippen molar-refractivity contribution in [3.8, 4) is 16.9 Å². The van der Waals surface area contributed by atoms with Gasteiger partial charge in [-0.3, -0.25) is 0 Å². The summed E-state index contributed by atoms with van der Waals surface area (Å²) >= 11 is 5.97. The molecule has 0 aromatic heterocycles. The minimum atomic E-state index is -0.483. The fraction of sp³-hybridized carbons (Fsp3) is 0.133. The van der Waals surface area contributed by atoms with Gasteiger partial charge in [-0.25, -0.2) is 4.79 Å². The third-order valence-corrected chi connectivity index (χ3v) is 3.10. The highest BCUT2D eigenvalue weighted by molar-refractivity contribution is 6.33. The number of hydrogen-bond donors (Lipinski definition) is 1. The molecule has 0 saturated heterocycles. The number of phenols is 1. The van der Waals surface area contributed by atoms with E-state index in [1.807, 2.05) is 13.0 Å². The third-order valence-electron chi connectivity index (χ3n) is 2.77. The Bertz CT molecular complexity index is 615. The SMILES string of the molecule is COC(=O)c1cc(-c2cc(C)cc(O)c2)ccc1Cl. The minimum absolute atomic E-state index is 0.185. The largest absolute Gasteiger partial charge is 0.508 e. The van der Waals surface area contributed by atoms with E-state index in [9.17, 15) is 9.90 Å². The van der Waals surface area contributed by atoms with Crippen LogP contribution in [0.4, 0.5) is 0 Å². The first kappa shape index (κ1) is 13.4. The number of methoxy groups -OCH3 is 1. The average molecular weight is 277 g/mol. The summed E-state index contributed by atoms with van der Waals surface area (Å²) in [7, 11) is 1.31. The molecule has 0 aliphatic carbocycles. The quantitative estimate of drug-likeness (QED) is 0.849. The van der Waals surface area contributed by atoms with E-state index >= 15 is 0 Å². The Balaban J connectivity index is 2.54. The Morgan fingerprint density at radius 3 is 2.53 bits per heavy atom. The van der Waals surface area contributed by atoms with E-state index in [0.29, 0.717) is 10.6 Å². The van der Waals surface area contributed by atoms with Crippen LogP contribution in [-0.2, 0) is 4.74 Å². The molecule has 0 spiro atoms. The smallest absolute Gasteiger partial charge is 0.339 e. The molecule has 2 aromatic carbocycles. The van der Waals surface area contributed by atoms with Crippen molar-refractivity contribution in [3.05, 3.63) is 52.5 Å². The standard InChI is InChI=1S/C15H13ClO3/c1-9-5-11(7-12(17)6-9)10-3-4-14(16)13(8-10)15(18)19-2/h3-8,17H,1-2H3. The minimum Gasteiger partial charge on any atom is -0.508 e. The summed E-state index contributed by atoms with van der Waals surface area (Å²) in [6, 6.07) is 10.3. The summed E-state index contributed by atoms with van der Waals surface area (Å²) in [6.07, 6.45) is 0. The van der Waals surface area contributed by atoms with E-state index in [-0.39, 0.29) is 5.75 Å². The molecular formula is C15H13ClO3. The number of aryl methyl sites for hydroxylation is 1. The predicted octanol–water partition coefficient (Wildman–Crippen LogP) is 3.81. The van der Waals surface area contributed by atoms with Gasteiger partial charge in [-0.15, -0.1) is 0 Å². The molecule has 2 aromatic rings. The maximum Gasteiger partial charge on any atom is 0.339 e. The molecule has 0 bridgehead atoms. The number of hydrogen-bond acceptors (Lipinski definition) is 3. The van der Waals surface area contributed by atoms with Crippen LogP contribution in [0.5, 0.6) is 5.75 Å². The second-order valence-corrected chi connectivity index (χ2v) is 4.65. The van der Waals surface area contributed by atoms with Gasteiger partial charge in [-0.1, -0.05) is 23.7 Å². The van der Waals surface area contributed by atoms with Crippen LogP contribution in [0, 0.1) is 6.92 Å². The molecule has 0 atom stereocenters. The molecule has 0 aliphatic rings. The number of benzene rings is 2. The normalized spacial score (nSPS) is 10.3. The fourth-order valence-electron chi connectivity index (χ4n) is 1.90. The Hall–Kier alpha value is -2.00. The lowest BCUT2D eigenvalue weighted by Crippen LogP contribution is -2.02. The Morgan fingerprint density at radius 1 is 1.16 bits per heavy atom. The highest BCUT2D eigenvalue weighted by Gasteiger charge is 2.12. The third kappa shape index (κ3) is 2.88. The predicted molar refractivity (Wildman–Crippen MR) is 74.6 cm³/mol. The zero-order valence-electron chi connectivity index (χ0n) is 10.6. The molecule has 2 rings (SSSR count). The molecule has 0 heterocycles. The molecule has 3 nitrogen and oxygen atoms in total. The molecule has 0 saturated carbocycles. The molecule has 0 fully saturated rings. The number of rotatable bonds is 2. The van der Waals surface area contributed by atoms with Crippen molar-refractivity contribution in [2.75, 3.05) is 7.11 Å². The lowest BCUT2D eigenvalue weighted by Gasteiger charge is -2.08. The highest BCUT2D eigenvalue weighted by Crippen LogP contribution is 2.28. The summed E-state index contributed by atoms with van der Waals surface area (Å²) in [5.41, 5.74) is 2.86. The van der Waals surface area contributed by atoms with E-state index < -0.39 is 5.97 Å². The van der Waals surface area contributed by atoms with Crippen LogP contribution in [-0.4, -0.2) is 18.2 Å². The number of carbonyl (C=O) groups is 1. The van der Waals surface area contributed by atoms with Crippen molar-refractivity contribution in [2.45, 2.75) is 6.92 Å². The zero-order chi connectivity index (χ0) is 14.0. The molecular weight excluding hydrogens is 264 g/mol. The molecule has 1 N–H and O–H groups in total. The monoisotopic (exact) mass is 276 g/mol. The summed E-state index contributed by atoms with van der Waals surface area (Å²) < 4.78 is 4.68. The lowest BCUT2D eigenvalue weighted by molar-refractivity contribution is 0.0601. The molecule has 0 unspecified atom stereocenters.